The van der Waals surface area contributed by atoms with Crippen LogP contribution in [0.15, 0.2) is 85.1 Å². The van der Waals surface area contributed by atoms with Gasteiger partial charge in [0.2, 0.25) is 0 Å². The van der Waals surface area contributed by atoms with Crippen molar-refractivity contribution in [3.05, 3.63) is 85.1 Å². The first-order chi connectivity index (χ1) is 38.6. The fraction of sp³-hybridized carbons (Fsp3) is 0.781. The highest BCUT2D eigenvalue weighted by Crippen LogP contribution is 2.18. The highest BCUT2D eigenvalue weighted by atomic mass is 16.6. The Hall–Kier alpha value is -2.92. The van der Waals surface area contributed by atoms with Crippen LogP contribution in [0.4, 0.5) is 0 Å². The summed E-state index contributed by atoms with van der Waals surface area (Å²) < 4.78 is 10.7. The molecule has 0 heterocycles. The van der Waals surface area contributed by atoms with E-state index in [1.54, 1.807) is 0 Å². The molecule has 0 aromatic carbocycles. The van der Waals surface area contributed by atoms with Gasteiger partial charge in [-0.15, -0.1) is 0 Å². The fourth-order valence-electron chi connectivity index (χ4n) is 10.1. The van der Waals surface area contributed by atoms with Gasteiger partial charge in [0, 0.05) is 12.8 Å². The number of hydrogen-bond donors (Lipinski definition) is 1. The van der Waals surface area contributed by atoms with Crippen molar-refractivity contribution in [3.63, 3.8) is 0 Å². The average Bonchev–Trinajstić information content (AvgIpc) is 3.44. The van der Waals surface area contributed by atoms with E-state index in [9.17, 15) is 14.7 Å². The molecule has 1 atom stereocenters. The second kappa shape index (κ2) is 68.4. The Morgan fingerprint density at radius 3 is 0.833 bits per heavy atom. The van der Waals surface area contributed by atoms with Gasteiger partial charge in [0.25, 0.3) is 0 Å². The van der Waals surface area contributed by atoms with Crippen molar-refractivity contribution in [2.24, 2.45) is 0 Å². The molecular formula is C73H130O5. The molecule has 0 fully saturated rings. The van der Waals surface area contributed by atoms with Gasteiger partial charge in [-0.3, -0.25) is 9.59 Å². The van der Waals surface area contributed by atoms with Crippen molar-refractivity contribution in [1.82, 2.24) is 0 Å². The van der Waals surface area contributed by atoms with Crippen LogP contribution in [0.25, 0.3) is 0 Å². The summed E-state index contributed by atoms with van der Waals surface area (Å²) in [5.74, 6) is -0.577. The lowest BCUT2D eigenvalue weighted by molar-refractivity contribution is -0.161. The van der Waals surface area contributed by atoms with E-state index in [0.717, 1.165) is 77.0 Å². The highest BCUT2D eigenvalue weighted by Gasteiger charge is 2.16. The highest BCUT2D eigenvalue weighted by molar-refractivity contribution is 5.70. The quantitative estimate of drug-likeness (QED) is 0.0373. The Bertz CT molecular complexity index is 1420. The summed E-state index contributed by atoms with van der Waals surface area (Å²) in [4.78, 5) is 24.6. The molecule has 0 saturated carbocycles. The molecule has 0 aliphatic rings. The van der Waals surface area contributed by atoms with E-state index >= 15 is 0 Å². The number of aliphatic hydroxyl groups is 1. The summed E-state index contributed by atoms with van der Waals surface area (Å²) >= 11 is 0. The predicted molar refractivity (Wildman–Crippen MR) is 343 cm³/mol. The Morgan fingerprint density at radius 2 is 0.551 bits per heavy atom. The van der Waals surface area contributed by atoms with Crippen LogP contribution in [-0.4, -0.2) is 36.4 Å². The van der Waals surface area contributed by atoms with Crippen LogP contribution in [-0.2, 0) is 19.1 Å². The van der Waals surface area contributed by atoms with Crippen LogP contribution in [0, 0.1) is 0 Å². The molecule has 0 radical (unpaired) electrons. The predicted octanol–water partition coefficient (Wildman–Crippen LogP) is 23.7. The summed E-state index contributed by atoms with van der Waals surface area (Å²) in [6.07, 6.45) is 96.1. The summed E-state index contributed by atoms with van der Waals surface area (Å²) in [5.41, 5.74) is 0. The molecule has 0 bridgehead atoms. The van der Waals surface area contributed by atoms with E-state index in [-0.39, 0.29) is 25.2 Å². The third-order valence-electron chi connectivity index (χ3n) is 15.2. The zero-order chi connectivity index (χ0) is 56.2. The van der Waals surface area contributed by atoms with Gasteiger partial charge in [0.1, 0.15) is 6.61 Å². The van der Waals surface area contributed by atoms with Crippen molar-refractivity contribution in [2.75, 3.05) is 13.2 Å². The van der Waals surface area contributed by atoms with Crippen molar-refractivity contribution >= 4 is 11.9 Å². The fourth-order valence-corrected chi connectivity index (χ4v) is 10.1. The number of allylic oxidation sites excluding steroid dienone is 14. The largest absolute Gasteiger partial charge is 0.462 e. The molecule has 0 aliphatic heterocycles. The van der Waals surface area contributed by atoms with E-state index in [1.807, 2.05) is 0 Å². The molecule has 0 saturated heterocycles. The molecule has 0 spiro atoms. The minimum absolute atomic E-state index is 0.0645. The van der Waals surface area contributed by atoms with Crippen molar-refractivity contribution in [2.45, 2.75) is 354 Å². The summed E-state index contributed by atoms with van der Waals surface area (Å²) in [5, 5.41) is 9.69. The summed E-state index contributed by atoms with van der Waals surface area (Å²) in [7, 11) is 0. The van der Waals surface area contributed by atoms with E-state index in [2.05, 4.69) is 98.9 Å². The third kappa shape index (κ3) is 65.6. The SMILES string of the molecule is CC/C=C\C/C=C\C/C=C\C/C=C\C/C=C\CCCCCCCCCCCCCCCCCCCCCCCCCCCC(=O)OC(CO)COC(=O)CCCCCCCCCCCCC/C=C\C/C=C\CCCCCCC. The first kappa shape index (κ1) is 75.1. The smallest absolute Gasteiger partial charge is 0.306 e. The zero-order valence-corrected chi connectivity index (χ0v) is 51.9. The maximum atomic E-state index is 12.4. The van der Waals surface area contributed by atoms with Gasteiger partial charge in [0.05, 0.1) is 6.61 Å². The minimum atomic E-state index is -0.774. The molecule has 0 rings (SSSR count). The first-order valence-electron chi connectivity index (χ1n) is 34.1. The van der Waals surface area contributed by atoms with Gasteiger partial charge < -0.3 is 14.6 Å². The van der Waals surface area contributed by atoms with Crippen LogP contribution in [0.1, 0.15) is 348 Å². The lowest BCUT2D eigenvalue weighted by Gasteiger charge is -2.15. The number of aliphatic hydroxyl groups excluding tert-OH is 1. The lowest BCUT2D eigenvalue weighted by Crippen LogP contribution is -2.28. The zero-order valence-electron chi connectivity index (χ0n) is 51.9. The van der Waals surface area contributed by atoms with E-state index < -0.39 is 6.10 Å². The molecule has 1 N–H and O–H groups in total. The standard InChI is InChI=1S/C73H130O5/c1-3-5-7-9-11-13-15-17-19-21-23-25-27-28-29-30-31-32-33-34-35-36-37-38-39-40-41-42-43-44-46-48-50-52-54-56-58-60-62-64-66-68-73(76)78-71(69-74)70-77-72(75)67-65-63-61-59-57-55-53-51-49-47-45-26-24-22-20-18-16-14-12-10-8-6-4-2/h5,7,11,13,16-19,22-25,28-29,71,74H,3-4,6,8-10,12,14-15,20-21,26-27,30-70H2,1-2H3/b7-5-,13-11-,18-16-,19-17-,24-22-,25-23-,29-28-. The molecule has 1 unspecified atom stereocenters. The second-order valence-corrected chi connectivity index (χ2v) is 22.9. The maximum absolute atomic E-state index is 12.4. The molecule has 0 aliphatic carbocycles. The molecule has 78 heavy (non-hydrogen) atoms. The van der Waals surface area contributed by atoms with Crippen LogP contribution < -0.4 is 0 Å². The van der Waals surface area contributed by atoms with Crippen LogP contribution in [0.3, 0.4) is 0 Å². The number of ether oxygens (including phenoxy) is 2. The van der Waals surface area contributed by atoms with Crippen molar-refractivity contribution in [1.29, 1.82) is 0 Å². The van der Waals surface area contributed by atoms with Gasteiger partial charge in [-0.25, -0.2) is 0 Å². The summed E-state index contributed by atoms with van der Waals surface area (Å²) in [6, 6.07) is 0. The first-order valence-corrected chi connectivity index (χ1v) is 34.1. The van der Waals surface area contributed by atoms with Gasteiger partial charge in [0.15, 0.2) is 6.10 Å². The Balaban J connectivity index is 3.41. The average molecular weight is 1090 g/mol. The number of carbonyl (C=O) groups is 2. The maximum Gasteiger partial charge on any atom is 0.306 e. The topological polar surface area (TPSA) is 72.8 Å². The molecule has 0 aromatic heterocycles. The Labute approximate surface area is 486 Å². The Kier molecular flexibility index (Phi) is 65.8. The Morgan fingerprint density at radius 1 is 0.308 bits per heavy atom. The van der Waals surface area contributed by atoms with E-state index in [1.165, 1.54) is 244 Å². The van der Waals surface area contributed by atoms with Crippen molar-refractivity contribution in [3.8, 4) is 0 Å². The van der Waals surface area contributed by atoms with Gasteiger partial charge in [-0.1, -0.05) is 330 Å². The number of hydrogen-bond acceptors (Lipinski definition) is 5. The second-order valence-electron chi connectivity index (χ2n) is 22.9. The molecule has 452 valence electrons. The molecule has 0 amide bonds. The monoisotopic (exact) mass is 1090 g/mol. The third-order valence-corrected chi connectivity index (χ3v) is 15.2. The van der Waals surface area contributed by atoms with Crippen LogP contribution in [0.5, 0.6) is 0 Å². The minimum Gasteiger partial charge on any atom is -0.462 e. The van der Waals surface area contributed by atoms with Crippen molar-refractivity contribution < 1.29 is 24.2 Å². The number of carbonyl (C=O) groups excluding carboxylic acids is 2. The van der Waals surface area contributed by atoms with Crippen LogP contribution in [0.2, 0.25) is 0 Å². The lowest BCUT2D eigenvalue weighted by atomic mass is 10.0. The van der Waals surface area contributed by atoms with Gasteiger partial charge >= 0.3 is 11.9 Å². The summed E-state index contributed by atoms with van der Waals surface area (Å²) in [6.45, 7) is 4.05. The van der Waals surface area contributed by atoms with E-state index in [0.29, 0.717) is 12.8 Å². The van der Waals surface area contributed by atoms with Gasteiger partial charge in [-0.2, -0.15) is 0 Å². The van der Waals surface area contributed by atoms with Crippen LogP contribution >= 0.6 is 0 Å². The number of unbranched alkanes of at least 4 members (excludes halogenated alkanes) is 41. The van der Waals surface area contributed by atoms with Gasteiger partial charge in [-0.05, 0) is 89.9 Å². The normalized spacial score (nSPS) is 12.7. The number of rotatable bonds is 63. The molecule has 5 nitrogen and oxygen atoms in total. The number of esters is 2. The molecular weight excluding hydrogens is 957 g/mol. The molecule has 0 aromatic rings. The molecule has 5 heteroatoms. The van der Waals surface area contributed by atoms with E-state index in [4.69, 9.17) is 9.47 Å².